The maximum atomic E-state index is 11.9. The van der Waals surface area contributed by atoms with Gasteiger partial charge in [-0.15, -0.1) is 0 Å². The summed E-state index contributed by atoms with van der Waals surface area (Å²) in [4.78, 5) is 11.8. The van der Waals surface area contributed by atoms with Gasteiger partial charge in [-0.1, -0.05) is 54.0 Å². The van der Waals surface area contributed by atoms with Crippen LogP contribution in [0.2, 0.25) is 0 Å². The summed E-state index contributed by atoms with van der Waals surface area (Å²) < 4.78 is 0. The molecule has 94 valence electrons. The zero-order chi connectivity index (χ0) is 13.0. The largest absolute Gasteiger partial charge is 0.349 e. The maximum Gasteiger partial charge on any atom is 0.234 e. The molecule has 0 aliphatic carbocycles. The first-order valence-corrected chi connectivity index (χ1v) is 6.85. The lowest BCUT2D eigenvalue weighted by molar-refractivity contribution is -0.121. The Balaban J connectivity index is 2.70. The van der Waals surface area contributed by atoms with Gasteiger partial charge in [-0.05, 0) is 30.9 Å². The fraction of sp³-hybridized carbons (Fsp3) is 0.500. The molecule has 1 amide bonds. The Hall–Kier alpha value is -0.830. The van der Waals surface area contributed by atoms with Crippen molar-refractivity contribution in [2.45, 2.75) is 38.6 Å². The molecule has 0 aliphatic rings. The van der Waals surface area contributed by atoms with Crippen LogP contribution in [0.25, 0.3) is 0 Å². The number of carbonyl (C=O) groups excluding carboxylic acids is 1. The summed E-state index contributed by atoms with van der Waals surface area (Å²) in [6, 6.07) is 8.17. The lowest BCUT2D eigenvalue weighted by Gasteiger charge is -2.20. The summed E-state index contributed by atoms with van der Waals surface area (Å²) in [5.41, 5.74) is 2.38. The van der Waals surface area contributed by atoms with E-state index in [1.54, 1.807) is 0 Å². The third-order valence-corrected chi connectivity index (χ3v) is 4.32. The highest BCUT2D eigenvalue weighted by Crippen LogP contribution is 2.19. The first-order valence-electron chi connectivity index (χ1n) is 5.93. The Morgan fingerprint density at radius 1 is 1.24 bits per heavy atom. The van der Waals surface area contributed by atoms with Crippen molar-refractivity contribution in [3.8, 4) is 0 Å². The molecule has 2 atom stereocenters. The number of carbonyl (C=O) groups is 1. The molecule has 17 heavy (non-hydrogen) atoms. The molecule has 0 spiro atoms. The molecule has 2 nitrogen and oxygen atoms in total. The van der Waals surface area contributed by atoms with E-state index in [0.29, 0.717) is 5.92 Å². The molecule has 1 rings (SSSR count). The van der Waals surface area contributed by atoms with Crippen molar-refractivity contribution in [3.63, 3.8) is 0 Å². The second kappa shape index (κ2) is 6.20. The van der Waals surface area contributed by atoms with E-state index in [0.717, 1.165) is 0 Å². The van der Waals surface area contributed by atoms with Gasteiger partial charge in [0.15, 0.2) is 0 Å². The Bertz CT molecular complexity index is 390. The second-order valence-electron chi connectivity index (χ2n) is 4.73. The molecule has 0 radical (unpaired) electrons. The predicted octanol–water partition coefficient (Wildman–Crippen LogP) is 3.59. The maximum absolute atomic E-state index is 11.9. The van der Waals surface area contributed by atoms with Gasteiger partial charge in [-0.2, -0.15) is 0 Å². The van der Waals surface area contributed by atoms with Gasteiger partial charge in [0.05, 0.1) is 10.9 Å². The highest BCUT2D eigenvalue weighted by molar-refractivity contribution is 9.10. The molecule has 0 aliphatic heterocycles. The fourth-order valence-electron chi connectivity index (χ4n) is 1.75. The van der Waals surface area contributed by atoms with Gasteiger partial charge >= 0.3 is 0 Å². The number of benzene rings is 1. The molecule has 1 aromatic rings. The summed E-state index contributed by atoms with van der Waals surface area (Å²) in [6.45, 7) is 8.13. The van der Waals surface area contributed by atoms with Crippen LogP contribution in [0.4, 0.5) is 0 Å². The van der Waals surface area contributed by atoms with Crippen LogP contribution in [0.1, 0.15) is 37.9 Å². The van der Waals surface area contributed by atoms with E-state index in [9.17, 15) is 4.79 Å². The molecular formula is C14H20BrNO. The number of hydrogen-bond donors (Lipinski definition) is 1. The second-order valence-corrected chi connectivity index (χ2v) is 5.72. The topological polar surface area (TPSA) is 29.1 Å². The molecule has 0 bridgehead atoms. The van der Waals surface area contributed by atoms with Gasteiger partial charge in [-0.3, -0.25) is 4.79 Å². The van der Waals surface area contributed by atoms with E-state index < -0.39 is 0 Å². The van der Waals surface area contributed by atoms with E-state index in [-0.39, 0.29) is 16.8 Å². The minimum absolute atomic E-state index is 0.0440. The number of rotatable bonds is 4. The van der Waals surface area contributed by atoms with Gasteiger partial charge in [0.25, 0.3) is 0 Å². The average Bonchev–Trinajstić information content (AvgIpc) is 2.28. The van der Waals surface area contributed by atoms with Crippen LogP contribution in [0.3, 0.4) is 0 Å². The molecule has 1 N–H and O–H groups in total. The number of alkyl halides is 1. The number of aryl methyl sites for hydroxylation is 1. The standard InChI is InChI=1S/C14H20BrNO/c1-9(2)13(15)14(17)16-11(4)12-8-6-5-7-10(12)3/h5-9,11,13H,1-4H3,(H,16,17). The number of hydrogen-bond acceptors (Lipinski definition) is 1. The van der Waals surface area contributed by atoms with Crippen LogP contribution in [0, 0.1) is 12.8 Å². The normalized spacial score (nSPS) is 14.5. The van der Waals surface area contributed by atoms with Gasteiger partial charge in [-0.25, -0.2) is 0 Å². The van der Waals surface area contributed by atoms with E-state index in [4.69, 9.17) is 0 Å². The lowest BCUT2D eigenvalue weighted by atomic mass is 10.0. The third kappa shape index (κ3) is 3.84. The average molecular weight is 298 g/mol. The van der Waals surface area contributed by atoms with Gasteiger partial charge < -0.3 is 5.32 Å². The van der Waals surface area contributed by atoms with Crippen LogP contribution in [0.5, 0.6) is 0 Å². The van der Waals surface area contributed by atoms with Gasteiger partial charge in [0, 0.05) is 0 Å². The Morgan fingerprint density at radius 2 is 1.82 bits per heavy atom. The van der Waals surface area contributed by atoms with Crippen LogP contribution >= 0.6 is 15.9 Å². The quantitative estimate of drug-likeness (QED) is 0.846. The molecule has 0 aromatic heterocycles. The van der Waals surface area contributed by atoms with Crippen LogP contribution in [-0.2, 0) is 4.79 Å². The lowest BCUT2D eigenvalue weighted by Crippen LogP contribution is -2.35. The van der Waals surface area contributed by atoms with Crippen molar-refractivity contribution in [1.82, 2.24) is 5.32 Å². The van der Waals surface area contributed by atoms with Crippen molar-refractivity contribution < 1.29 is 4.79 Å². The highest BCUT2D eigenvalue weighted by atomic mass is 79.9. The van der Waals surface area contributed by atoms with Crippen molar-refractivity contribution in [3.05, 3.63) is 35.4 Å². The van der Waals surface area contributed by atoms with Crippen molar-refractivity contribution >= 4 is 21.8 Å². The van der Waals surface area contributed by atoms with Gasteiger partial charge in [0.1, 0.15) is 0 Å². The molecule has 2 unspecified atom stereocenters. The molecular weight excluding hydrogens is 278 g/mol. The first-order chi connectivity index (χ1) is 7.93. The van der Waals surface area contributed by atoms with Crippen LogP contribution < -0.4 is 5.32 Å². The molecule has 3 heteroatoms. The summed E-state index contributed by atoms with van der Waals surface area (Å²) in [7, 11) is 0. The summed E-state index contributed by atoms with van der Waals surface area (Å²) >= 11 is 3.42. The number of amides is 1. The Morgan fingerprint density at radius 3 is 2.35 bits per heavy atom. The van der Waals surface area contributed by atoms with E-state index in [1.165, 1.54) is 11.1 Å². The van der Waals surface area contributed by atoms with Crippen molar-refractivity contribution in [2.24, 2.45) is 5.92 Å². The smallest absolute Gasteiger partial charge is 0.234 e. The van der Waals surface area contributed by atoms with Crippen LogP contribution in [0.15, 0.2) is 24.3 Å². The fourth-order valence-corrected chi connectivity index (χ4v) is 1.88. The Labute approximate surface area is 112 Å². The van der Waals surface area contributed by atoms with E-state index in [1.807, 2.05) is 32.9 Å². The highest BCUT2D eigenvalue weighted by Gasteiger charge is 2.20. The van der Waals surface area contributed by atoms with E-state index in [2.05, 4.69) is 40.3 Å². The number of nitrogens with one attached hydrogen (secondary N) is 1. The summed E-state index contributed by atoms with van der Waals surface area (Å²) in [6.07, 6.45) is 0. The third-order valence-electron chi connectivity index (χ3n) is 2.85. The molecule has 0 saturated heterocycles. The molecule has 0 saturated carbocycles. The Kier molecular flexibility index (Phi) is 5.19. The zero-order valence-corrected chi connectivity index (χ0v) is 12.4. The van der Waals surface area contributed by atoms with Crippen molar-refractivity contribution in [1.29, 1.82) is 0 Å². The van der Waals surface area contributed by atoms with Crippen LogP contribution in [-0.4, -0.2) is 10.7 Å². The first kappa shape index (κ1) is 14.2. The van der Waals surface area contributed by atoms with Crippen molar-refractivity contribution in [2.75, 3.05) is 0 Å². The SMILES string of the molecule is Cc1ccccc1C(C)NC(=O)C(Br)C(C)C. The molecule has 0 fully saturated rings. The van der Waals surface area contributed by atoms with Gasteiger partial charge in [0.2, 0.25) is 5.91 Å². The number of halogens is 1. The summed E-state index contributed by atoms with van der Waals surface area (Å²) in [5, 5.41) is 3.03. The van der Waals surface area contributed by atoms with E-state index >= 15 is 0 Å². The minimum Gasteiger partial charge on any atom is -0.349 e. The summed E-state index contributed by atoms with van der Waals surface area (Å²) in [5.74, 6) is 0.342. The molecule has 0 heterocycles. The minimum atomic E-state index is -0.131. The predicted molar refractivity (Wildman–Crippen MR) is 75.3 cm³/mol. The molecule has 1 aromatic carbocycles. The monoisotopic (exact) mass is 297 g/mol. The zero-order valence-electron chi connectivity index (χ0n) is 10.8.